The number of benzene rings is 1. The summed E-state index contributed by atoms with van der Waals surface area (Å²) >= 11 is 0. The molecule has 6 atom stereocenters. The highest BCUT2D eigenvalue weighted by Gasteiger charge is 2.68. The maximum absolute atomic E-state index is 13.4. The first kappa shape index (κ1) is 23.7. The summed E-state index contributed by atoms with van der Waals surface area (Å²) < 4.78 is 11.3. The summed E-state index contributed by atoms with van der Waals surface area (Å²) in [5, 5.41) is 41.6. The van der Waals surface area contributed by atoms with Crippen molar-refractivity contribution in [2.75, 3.05) is 0 Å². The lowest BCUT2D eigenvalue weighted by Gasteiger charge is -2.39. The summed E-state index contributed by atoms with van der Waals surface area (Å²) in [5.74, 6) is -2.81. The zero-order valence-corrected chi connectivity index (χ0v) is 18.4. The third-order valence-corrected chi connectivity index (χ3v) is 6.38. The number of aliphatic hydroxyl groups is 2. The van der Waals surface area contributed by atoms with Crippen LogP contribution in [0, 0.1) is 11.8 Å². The Kier molecular flexibility index (Phi) is 6.76. The molecule has 2 aliphatic rings. The molecule has 1 aromatic rings. The Balaban J connectivity index is 1.90. The predicted molar refractivity (Wildman–Crippen MR) is 111 cm³/mol. The van der Waals surface area contributed by atoms with E-state index in [1.54, 1.807) is 13.8 Å². The molecule has 31 heavy (non-hydrogen) atoms. The Hall–Kier alpha value is -2.00. The quantitative estimate of drug-likeness (QED) is 0.360. The van der Waals surface area contributed by atoms with Crippen LogP contribution in [0.1, 0.15) is 74.1 Å². The number of carbonyl (C=O) groups is 2. The zero-order valence-electron chi connectivity index (χ0n) is 18.4. The fraction of sp³-hybridized carbons (Fsp3) is 0.652. The van der Waals surface area contributed by atoms with E-state index in [0.717, 1.165) is 6.07 Å². The number of carbonyl (C=O) groups excluding carboxylic acids is 2. The second-order valence-corrected chi connectivity index (χ2v) is 8.81. The number of aromatic hydroxyl groups is 2. The zero-order chi connectivity index (χ0) is 23.1. The van der Waals surface area contributed by atoms with Crippen molar-refractivity contribution >= 4 is 11.6 Å². The topological polar surface area (TPSA) is 137 Å². The lowest BCUT2D eigenvalue weighted by atomic mass is 9.80. The largest absolute Gasteiger partial charge is 0.507 e. The molecular weight excluding hydrogens is 404 g/mol. The van der Waals surface area contributed by atoms with Gasteiger partial charge in [-0.1, -0.05) is 34.1 Å². The number of aliphatic hydroxyl groups excluding tert-OH is 2. The molecule has 0 unspecified atom stereocenters. The molecule has 3 rings (SSSR count). The number of phenolic OH excluding ortho intramolecular Hbond substituents is 2. The van der Waals surface area contributed by atoms with Gasteiger partial charge in [0.15, 0.2) is 23.5 Å². The Morgan fingerprint density at radius 3 is 2.19 bits per heavy atom. The third-order valence-electron chi connectivity index (χ3n) is 6.38. The minimum absolute atomic E-state index is 0.0350. The van der Waals surface area contributed by atoms with E-state index in [1.165, 1.54) is 6.07 Å². The Morgan fingerprint density at radius 1 is 1.10 bits per heavy atom. The Bertz CT molecular complexity index is 836. The van der Waals surface area contributed by atoms with Crippen molar-refractivity contribution in [3.8, 4) is 11.5 Å². The molecule has 2 heterocycles. The molecule has 2 aliphatic heterocycles. The van der Waals surface area contributed by atoms with Crippen molar-refractivity contribution < 1.29 is 39.5 Å². The second kappa shape index (κ2) is 8.86. The van der Waals surface area contributed by atoms with Crippen molar-refractivity contribution in [3.63, 3.8) is 0 Å². The van der Waals surface area contributed by atoms with Gasteiger partial charge in [0, 0.05) is 24.3 Å². The first-order valence-electron chi connectivity index (χ1n) is 10.9. The fourth-order valence-electron chi connectivity index (χ4n) is 4.56. The number of epoxide rings is 1. The highest BCUT2D eigenvalue weighted by Crippen LogP contribution is 2.50. The molecule has 2 saturated heterocycles. The maximum atomic E-state index is 13.4. The molecule has 0 bridgehead atoms. The van der Waals surface area contributed by atoms with E-state index < -0.39 is 53.2 Å². The van der Waals surface area contributed by atoms with E-state index in [1.807, 2.05) is 13.8 Å². The summed E-state index contributed by atoms with van der Waals surface area (Å²) in [4.78, 5) is 25.8. The van der Waals surface area contributed by atoms with Crippen LogP contribution in [-0.4, -0.2) is 62.2 Å². The van der Waals surface area contributed by atoms with Gasteiger partial charge in [0.1, 0.15) is 11.5 Å². The molecule has 0 aromatic heterocycles. The van der Waals surface area contributed by atoms with E-state index >= 15 is 0 Å². The van der Waals surface area contributed by atoms with Crippen molar-refractivity contribution in [2.24, 2.45) is 11.8 Å². The molecule has 1 aromatic carbocycles. The van der Waals surface area contributed by atoms with E-state index in [-0.39, 0.29) is 29.4 Å². The van der Waals surface area contributed by atoms with E-state index in [4.69, 9.17) is 9.47 Å². The molecule has 0 amide bonds. The van der Waals surface area contributed by atoms with Gasteiger partial charge in [0.25, 0.3) is 0 Å². The van der Waals surface area contributed by atoms with Crippen LogP contribution in [0.25, 0.3) is 0 Å². The van der Waals surface area contributed by atoms with Crippen LogP contribution in [-0.2, 0) is 9.47 Å². The first-order chi connectivity index (χ1) is 14.6. The monoisotopic (exact) mass is 436 g/mol. The van der Waals surface area contributed by atoms with Gasteiger partial charge < -0.3 is 29.9 Å². The molecule has 1 spiro atoms. The highest BCUT2D eigenvalue weighted by molar-refractivity contribution is 6.06. The lowest BCUT2D eigenvalue weighted by Crippen LogP contribution is -2.55. The van der Waals surface area contributed by atoms with E-state index in [0.29, 0.717) is 19.3 Å². The number of ketones is 2. The molecular formula is C23H32O8. The lowest BCUT2D eigenvalue weighted by molar-refractivity contribution is -0.239. The molecule has 8 heteroatoms. The molecule has 0 saturated carbocycles. The van der Waals surface area contributed by atoms with Gasteiger partial charge in [-0.2, -0.15) is 0 Å². The molecule has 172 valence electrons. The SMILES string of the molecule is CCC[C@@H](C(=O)c1cc(C(=O)C(C)C)c(O)cc1O)[C@H]1C[C@@H](O)[C@@]2(O[C@H]2CC)[C@H](O)O1. The van der Waals surface area contributed by atoms with Gasteiger partial charge in [0.05, 0.1) is 29.4 Å². The Labute approximate surface area is 181 Å². The van der Waals surface area contributed by atoms with Crippen molar-refractivity contribution in [2.45, 2.75) is 83.6 Å². The normalized spacial score (nSPS) is 31.1. The van der Waals surface area contributed by atoms with Gasteiger partial charge in [-0.05, 0) is 18.9 Å². The van der Waals surface area contributed by atoms with Crippen LogP contribution in [0.15, 0.2) is 12.1 Å². The molecule has 8 nitrogen and oxygen atoms in total. The number of rotatable bonds is 8. The standard InChI is InChI=1S/C23H32O8/c1-5-7-12(17-10-18(26)23(22(29)30-17)19(6-2)31-23)21(28)14-8-13(20(27)11(3)4)15(24)9-16(14)25/h8-9,11-12,17-19,22,24-26,29H,5-7,10H2,1-4H3/t12-,17-,18-,19+,22-,23+/m1/s1. The summed E-state index contributed by atoms with van der Waals surface area (Å²) in [6, 6.07) is 2.21. The minimum atomic E-state index is -1.37. The molecule has 4 N–H and O–H groups in total. The van der Waals surface area contributed by atoms with Gasteiger partial charge in [-0.25, -0.2) is 0 Å². The first-order valence-corrected chi connectivity index (χ1v) is 10.9. The van der Waals surface area contributed by atoms with Gasteiger partial charge in [-0.3, -0.25) is 9.59 Å². The average Bonchev–Trinajstić information content (AvgIpc) is 3.45. The summed E-state index contributed by atoms with van der Waals surface area (Å²) in [6.07, 6.45) is -1.73. The summed E-state index contributed by atoms with van der Waals surface area (Å²) in [5.41, 5.74) is -1.28. The van der Waals surface area contributed by atoms with Gasteiger partial charge >= 0.3 is 0 Å². The van der Waals surface area contributed by atoms with Crippen molar-refractivity contribution in [3.05, 3.63) is 23.3 Å². The average molecular weight is 437 g/mol. The van der Waals surface area contributed by atoms with Crippen molar-refractivity contribution in [1.82, 2.24) is 0 Å². The maximum Gasteiger partial charge on any atom is 0.189 e. The van der Waals surface area contributed by atoms with Crippen LogP contribution < -0.4 is 0 Å². The summed E-state index contributed by atoms with van der Waals surface area (Å²) in [7, 11) is 0. The molecule has 0 aliphatic carbocycles. The number of phenols is 2. The Morgan fingerprint density at radius 2 is 1.71 bits per heavy atom. The number of hydrogen-bond acceptors (Lipinski definition) is 8. The number of ether oxygens (including phenoxy) is 2. The van der Waals surface area contributed by atoms with Crippen LogP contribution in [0.5, 0.6) is 11.5 Å². The van der Waals surface area contributed by atoms with Crippen LogP contribution in [0.3, 0.4) is 0 Å². The van der Waals surface area contributed by atoms with Crippen molar-refractivity contribution in [1.29, 1.82) is 0 Å². The number of hydrogen-bond donors (Lipinski definition) is 4. The van der Waals surface area contributed by atoms with E-state index in [2.05, 4.69) is 0 Å². The summed E-state index contributed by atoms with van der Waals surface area (Å²) in [6.45, 7) is 7.12. The van der Waals surface area contributed by atoms with Crippen LogP contribution in [0.2, 0.25) is 0 Å². The third kappa shape index (κ3) is 4.09. The predicted octanol–water partition coefficient (Wildman–Crippen LogP) is 2.55. The fourth-order valence-corrected chi connectivity index (χ4v) is 4.56. The smallest absolute Gasteiger partial charge is 0.189 e. The minimum Gasteiger partial charge on any atom is -0.507 e. The molecule has 2 fully saturated rings. The van der Waals surface area contributed by atoms with Gasteiger partial charge in [0.2, 0.25) is 0 Å². The van der Waals surface area contributed by atoms with Crippen LogP contribution in [0.4, 0.5) is 0 Å². The van der Waals surface area contributed by atoms with Crippen LogP contribution >= 0.6 is 0 Å². The molecule has 0 radical (unpaired) electrons. The van der Waals surface area contributed by atoms with Gasteiger partial charge in [-0.15, -0.1) is 0 Å². The number of Topliss-reactive ketones (excluding diaryl/α,β-unsaturated/α-hetero) is 2. The van der Waals surface area contributed by atoms with E-state index in [9.17, 15) is 30.0 Å². The second-order valence-electron chi connectivity index (χ2n) is 8.81. The highest BCUT2D eigenvalue weighted by atomic mass is 16.7.